The molecule has 0 spiro atoms. The molecule has 1 amide bonds. The van der Waals surface area contributed by atoms with Crippen molar-refractivity contribution in [3.63, 3.8) is 0 Å². The number of hydrogen-bond acceptors (Lipinski definition) is 4. The van der Waals surface area contributed by atoms with Crippen LogP contribution in [0.4, 0.5) is 5.69 Å². The molecule has 2 fully saturated rings. The normalized spacial score (nSPS) is 18.6. The van der Waals surface area contributed by atoms with E-state index in [0.29, 0.717) is 22.0 Å². The summed E-state index contributed by atoms with van der Waals surface area (Å²) < 4.78 is 5.35. The molecule has 28 heavy (non-hydrogen) atoms. The maximum absolute atomic E-state index is 13.0. The first-order valence-electron chi connectivity index (χ1n) is 9.73. The van der Waals surface area contributed by atoms with Gasteiger partial charge in [-0.15, -0.1) is 24.8 Å². The molecule has 3 rings (SSSR count). The molecule has 1 saturated carbocycles. The van der Waals surface area contributed by atoms with Gasteiger partial charge >= 0.3 is 0 Å². The summed E-state index contributed by atoms with van der Waals surface area (Å²) in [6, 6.07) is 3.26. The molecule has 2 aliphatic rings. The number of carbonyl (C=O) groups is 1. The molecular weight excluding hydrogens is 421 g/mol. The van der Waals surface area contributed by atoms with Crippen molar-refractivity contribution in [2.45, 2.75) is 38.5 Å². The first kappa shape index (κ1) is 25.2. The second-order valence-corrected chi connectivity index (χ2v) is 7.93. The van der Waals surface area contributed by atoms with E-state index in [1.54, 1.807) is 19.2 Å². The van der Waals surface area contributed by atoms with Crippen LogP contribution in [0.1, 0.15) is 48.9 Å². The van der Waals surface area contributed by atoms with Crippen molar-refractivity contribution in [1.82, 2.24) is 9.80 Å². The van der Waals surface area contributed by atoms with E-state index in [1.807, 2.05) is 4.90 Å². The Hall–Kier alpha value is -0.880. The number of rotatable bonds is 4. The Labute approximate surface area is 185 Å². The molecule has 1 aromatic rings. The Morgan fingerprint density at radius 2 is 1.82 bits per heavy atom. The number of ether oxygens (including phenoxy) is 1. The van der Waals surface area contributed by atoms with Crippen LogP contribution in [0.15, 0.2) is 12.1 Å². The summed E-state index contributed by atoms with van der Waals surface area (Å²) in [6.45, 7) is 4.70. The predicted molar refractivity (Wildman–Crippen MR) is 120 cm³/mol. The van der Waals surface area contributed by atoms with Crippen LogP contribution in [0.25, 0.3) is 0 Å². The molecule has 0 atom stereocenters. The topological polar surface area (TPSA) is 58.8 Å². The monoisotopic (exact) mass is 451 g/mol. The molecule has 2 N–H and O–H groups in total. The van der Waals surface area contributed by atoms with E-state index in [2.05, 4.69) is 4.90 Å². The van der Waals surface area contributed by atoms with E-state index in [-0.39, 0.29) is 30.7 Å². The van der Waals surface area contributed by atoms with Crippen molar-refractivity contribution in [3.8, 4) is 5.75 Å². The molecule has 0 aromatic heterocycles. The number of hydrogen-bond donors (Lipinski definition) is 1. The molecule has 0 unspecified atom stereocenters. The summed E-state index contributed by atoms with van der Waals surface area (Å²) in [6.07, 6.45) is 7.87. The summed E-state index contributed by atoms with van der Waals surface area (Å²) in [5, 5.41) is 0.392. The van der Waals surface area contributed by atoms with Crippen LogP contribution in [0.3, 0.4) is 0 Å². The van der Waals surface area contributed by atoms with Gasteiger partial charge in [-0.1, -0.05) is 30.9 Å². The van der Waals surface area contributed by atoms with Crippen LogP contribution < -0.4 is 10.5 Å². The lowest BCUT2D eigenvalue weighted by Crippen LogP contribution is -2.37. The van der Waals surface area contributed by atoms with Crippen LogP contribution in [-0.2, 0) is 0 Å². The summed E-state index contributed by atoms with van der Waals surface area (Å²) >= 11 is 6.13. The van der Waals surface area contributed by atoms with E-state index in [0.717, 1.165) is 38.5 Å². The lowest BCUT2D eigenvalue weighted by atomic mass is 9.89. The molecule has 1 aliphatic carbocycles. The average Bonchev–Trinajstić information content (AvgIpc) is 2.89. The maximum atomic E-state index is 13.0. The van der Waals surface area contributed by atoms with Gasteiger partial charge in [0.25, 0.3) is 5.91 Å². The van der Waals surface area contributed by atoms with Crippen LogP contribution >= 0.6 is 36.4 Å². The second kappa shape index (κ2) is 12.0. The van der Waals surface area contributed by atoms with Gasteiger partial charge in [0.05, 0.1) is 23.4 Å². The number of halogens is 3. The first-order chi connectivity index (χ1) is 12.6. The standard InChI is InChI=1S/C20H30ClN3O2.2ClH/c1-26-19-13-18(22)17(21)12-16(19)20(25)24-9-5-8-23(10-11-24)14-15-6-3-2-4-7-15;;/h12-13,15H,2-11,14,22H2,1H3;2*1H. The van der Waals surface area contributed by atoms with Crippen molar-refractivity contribution in [2.24, 2.45) is 5.92 Å². The number of benzene rings is 1. The Morgan fingerprint density at radius 1 is 1.11 bits per heavy atom. The van der Waals surface area contributed by atoms with Gasteiger partial charge in [-0.3, -0.25) is 4.79 Å². The molecule has 1 heterocycles. The maximum Gasteiger partial charge on any atom is 0.257 e. The summed E-state index contributed by atoms with van der Waals surface area (Å²) in [4.78, 5) is 17.5. The fourth-order valence-electron chi connectivity index (χ4n) is 4.17. The van der Waals surface area contributed by atoms with Gasteiger partial charge in [0.1, 0.15) is 5.75 Å². The zero-order valence-electron chi connectivity index (χ0n) is 16.5. The van der Waals surface area contributed by atoms with Crippen molar-refractivity contribution in [1.29, 1.82) is 0 Å². The number of anilines is 1. The Balaban J connectivity index is 0.00000196. The van der Waals surface area contributed by atoms with Gasteiger partial charge in [0, 0.05) is 32.2 Å². The van der Waals surface area contributed by atoms with Crippen LogP contribution in [-0.4, -0.2) is 55.5 Å². The summed E-state index contributed by atoms with van der Waals surface area (Å²) in [5.74, 6) is 1.30. The zero-order valence-corrected chi connectivity index (χ0v) is 18.9. The van der Waals surface area contributed by atoms with E-state index in [9.17, 15) is 4.79 Å². The van der Waals surface area contributed by atoms with Gasteiger partial charge in [-0.2, -0.15) is 0 Å². The number of methoxy groups -OCH3 is 1. The third-order valence-corrected chi connectivity index (χ3v) is 5.99. The van der Waals surface area contributed by atoms with Gasteiger partial charge in [-0.25, -0.2) is 0 Å². The second-order valence-electron chi connectivity index (χ2n) is 7.52. The zero-order chi connectivity index (χ0) is 18.5. The number of amides is 1. The molecular formula is C20H32Cl3N3O2. The quantitative estimate of drug-likeness (QED) is 0.683. The van der Waals surface area contributed by atoms with E-state index in [1.165, 1.54) is 38.6 Å². The highest BCUT2D eigenvalue weighted by Gasteiger charge is 2.25. The van der Waals surface area contributed by atoms with Crippen molar-refractivity contribution >= 4 is 48.0 Å². The minimum atomic E-state index is -0.0248. The number of nitrogens with zero attached hydrogens (tertiary/aromatic N) is 2. The van der Waals surface area contributed by atoms with Crippen LogP contribution in [0.5, 0.6) is 5.75 Å². The van der Waals surface area contributed by atoms with Crippen molar-refractivity contribution < 1.29 is 9.53 Å². The minimum absolute atomic E-state index is 0. The van der Waals surface area contributed by atoms with Gasteiger partial charge < -0.3 is 20.3 Å². The van der Waals surface area contributed by atoms with Gasteiger partial charge in [-0.05, 0) is 37.8 Å². The summed E-state index contributed by atoms with van der Waals surface area (Å²) in [5.41, 5.74) is 6.75. The lowest BCUT2D eigenvalue weighted by Gasteiger charge is -2.29. The molecule has 5 nitrogen and oxygen atoms in total. The van der Waals surface area contributed by atoms with Crippen molar-refractivity contribution in [2.75, 3.05) is 45.6 Å². The van der Waals surface area contributed by atoms with E-state index in [4.69, 9.17) is 22.1 Å². The fraction of sp³-hybridized carbons (Fsp3) is 0.650. The number of carbonyl (C=O) groups excluding carboxylic acids is 1. The minimum Gasteiger partial charge on any atom is -0.496 e. The number of nitrogens with two attached hydrogens (primary N) is 1. The van der Waals surface area contributed by atoms with Gasteiger partial charge in [0.2, 0.25) is 0 Å². The summed E-state index contributed by atoms with van der Waals surface area (Å²) in [7, 11) is 1.55. The molecule has 8 heteroatoms. The highest BCUT2D eigenvalue weighted by molar-refractivity contribution is 6.33. The average molecular weight is 453 g/mol. The van der Waals surface area contributed by atoms with Crippen LogP contribution in [0, 0.1) is 5.92 Å². The highest BCUT2D eigenvalue weighted by atomic mass is 35.5. The Bertz CT molecular complexity index is 639. The number of nitrogen functional groups attached to an aromatic ring is 1. The molecule has 1 aliphatic heterocycles. The van der Waals surface area contributed by atoms with E-state index < -0.39 is 0 Å². The molecule has 1 aromatic carbocycles. The SMILES string of the molecule is COc1cc(N)c(Cl)cc1C(=O)N1CCCN(CC2CCCCC2)CC1.Cl.Cl. The first-order valence-corrected chi connectivity index (χ1v) is 10.1. The molecule has 0 bridgehead atoms. The molecule has 0 radical (unpaired) electrons. The largest absolute Gasteiger partial charge is 0.496 e. The lowest BCUT2D eigenvalue weighted by molar-refractivity contribution is 0.0756. The Morgan fingerprint density at radius 3 is 2.50 bits per heavy atom. The van der Waals surface area contributed by atoms with Gasteiger partial charge in [0.15, 0.2) is 0 Å². The molecule has 1 saturated heterocycles. The highest BCUT2D eigenvalue weighted by Crippen LogP contribution is 2.30. The third kappa shape index (κ3) is 6.31. The third-order valence-electron chi connectivity index (χ3n) is 5.67. The molecule has 160 valence electrons. The predicted octanol–water partition coefficient (Wildman–Crippen LogP) is 4.50. The van der Waals surface area contributed by atoms with E-state index >= 15 is 0 Å². The van der Waals surface area contributed by atoms with Crippen molar-refractivity contribution in [3.05, 3.63) is 22.7 Å². The Kier molecular flexibility index (Phi) is 10.7. The fourth-order valence-corrected chi connectivity index (χ4v) is 4.33. The van der Waals surface area contributed by atoms with Crippen LogP contribution in [0.2, 0.25) is 5.02 Å². The smallest absolute Gasteiger partial charge is 0.257 e.